The van der Waals surface area contributed by atoms with Crippen molar-refractivity contribution in [2.45, 2.75) is 0 Å². The fourth-order valence-corrected chi connectivity index (χ4v) is 2.96. The molecule has 0 unspecified atom stereocenters. The Bertz CT molecular complexity index is 1170. The highest BCUT2D eigenvalue weighted by Gasteiger charge is 2.15. The summed E-state index contributed by atoms with van der Waals surface area (Å²) in [6, 6.07) is 12.5. The minimum absolute atomic E-state index is 0.133. The number of hydrogen-bond acceptors (Lipinski definition) is 6. The smallest absolute Gasteiger partial charge is 0.258 e. The minimum atomic E-state index is -0.338. The summed E-state index contributed by atoms with van der Waals surface area (Å²) in [5.74, 6) is 1.12. The highest BCUT2D eigenvalue weighted by Crippen LogP contribution is 2.28. The van der Waals surface area contributed by atoms with Crippen molar-refractivity contribution in [2.24, 2.45) is 7.05 Å². The first-order valence-electron chi connectivity index (χ1n) is 8.23. The van der Waals surface area contributed by atoms with E-state index in [4.69, 9.17) is 9.47 Å². The van der Waals surface area contributed by atoms with Gasteiger partial charge in [-0.2, -0.15) is 4.98 Å². The number of carbonyl (C=O) groups is 1. The van der Waals surface area contributed by atoms with Crippen molar-refractivity contribution < 1.29 is 14.3 Å². The van der Waals surface area contributed by atoms with Gasteiger partial charge in [0.2, 0.25) is 0 Å². The number of amides is 1. The molecule has 2 heterocycles. The molecule has 4 rings (SSSR count). The van der Waals surface area contributed by atoms with Crippen LogP contribution in [0.15, 0.2) is 42.5 Å². The average Bonchev–Trinajstić information content (AvgIpc) is 2.99. The van der Waals surface area contributed by atoms with Crippen molar-refractivity contribution in [3.8, 4) is 11.5 Å². The Balaban J connectivity index is 1.72. The molecular weight excluding hydrogens is 346 g/mol. The van der Waals surface area contributed by atoms with Crippen LogP contribution in [0.1, 0.15) is 10.4 Å². The number of aromatic nitrogens is 4. The van der Waals surface area contributed by atoms with Gasteiger partial charge >= 0.3 is 0 Å². The fourth-order valence-electron chi connectivity index (χ4n) is 2.96. The zero-order valence-electron chi connectivity index (χ0n) is 15.1. The van der Waals surface area contributed by atoms with Crippen LogP contribution in [0.2, 0.25) is 0 Å². The van der Waals surface area contributed by atoms with Gasteiger partial charge in [0.25, 0.3) is 11.9 Å². The predicted molar refractivity (Wildman–Crippen MR) is 101 cm³/mol. The Morgan fingerprint density at radius 2 is 1.81 bits per heavy atom. The SMILES string of the molecule is COc1cccc(C(=O)Nc2nnc3c4cc(OC)ccc4n(C)c3n2)c1. The quantitative estimate of drug-likeness (QED) is 0.599. The van der Waals surface area contributed by atoms with Crippen molar-refractivity contribution in [3.63, 3.8) is 0 Å². The van der Waals surface area contributed by atoms with E-state index in [1.54, 1.807) is 38.5 Å². The highest BCUT2D eigenvalue weighted by atomic mass is 16.5. The van der Waals surface area contributed by atoms with Crippen LogP contribution in [0.5, 0.6) is 11.5 Å². The van der Waals surface area contributed by atoms with Gasteiger partial charge in [0, 0.05) is 18.0 Å². The van der Waals surface area contributed by atoms with E-state index in [9.17, 15) is 4.79 Å². The first-order chi connectivity index (χ1) is 13.1. The summed E-state index contributed by atoms with van der Waals surface area (Å²) in [6.45, 7) is 0. The summed E-state index contributed by atoms with van der Waals surface area (Å²) >= 11 is 0. The van der Waals surface area contributed by atoms with Gasteiger partial charge in [-0.3, -0.25) is 10.1 Å². The summed E-state index contributed by atoms with van der Waals surface area (Å²) in [5.41, 5.74) is 2.66. The first-order valence-corrected chi connectivity index (χ1v) is 8.23. The van der Waals surface area contributed by atoms with E-state index >= 15 is 0 Å². The van der Waals surface area contributed by atoms with Crippen LogP contribution in [0, 0.1) is 0 Å². The summed E-state index contributed by atoms with van der Waals surface area (Å²) < 4.78 is 12.3. The Morgan fingerprint density at radius 1 is 1.04 bits per heavy atom. The van der Waals surface area contributed by atoms with Crippen molar-refractivity contribution in [1.82, 2.24) is 19.7 Å². The first kappa shape index (κ1) is 16.8. The molecule has 2 aromatic carbocycles. The number of ether oxygens (including phenoxy) is 2. The van der Waals surface area contributed by atoms with Gasteiger partial charge in [0.1, 0.15) is 17.0 Å². The molecule has 2 aromatic heterocycles. The second-order valence-corrected chi connectivity index (χ2v) is 5.94. The van der Waals surface area contributed by atoms with E-state index in [0.717, 1.165) is 16.7 Å². The molecule has 0 saturated carbocycles. The number of carbonyl (C=O) groups excluding carboxylic acids is 1. The molecule has 0 spiro atoms. The number of benzene rings is 2. The molecule has 1 N–H and O–H groups in total. The van der Waals surface area contributed by atoms with E-state index in [0.29, 0.717) is 22.5 Å². The zero-order valence-corrected chi connectivity index (χ0v) is 15.1. The number of anilines is 1. The van der Waals surface area contributed by atoms with Crippen molar-refractivity contribution in [3.05, 3.63) is 48.0 Å². The molecule has 27 heavy (non-hydrogen) atoms. The summed E-state index contributed by atoms with van der Waals surface area (Å²) in [5, 5.41) is 11.9. The number of aryl methyl sites for hydroxylation is 1. The van der Waals surface area contributed by atoms with Crippen LogP contribution in [0.4, 0.5) is 5.95 Å². The number of nitrogens with zero attached hydrogens (tertiary/aromatic N) is 4. The van der Waals surface area contributed by atoms with Gasteiger partial charge in [-0.15, -0.1) is 10.2 Å². The molecule has 8 heteroatoms. The Kier molecular flexibility index (Phi) is 4.08. The van der Waals surface area contributed by atoms with Gasteiger partial charge in [-0.1, -0.05) is 6.07 Å². The number of hydrogen-bond donors (Lipinski definition) is 1. The van der Waals surface area contributed by atoms with E-state index in [-0.39, 0.29) is 11.9 Å². The lowest BCUT2D eigenvalue weighted by molar-refractivity contribution is 0.102. The lowest BCUT2D eigenvalue weighted by atomic mass is 10.2. The molecule has 0 bridgehead atoms. The molecule has 4 aromatic rings. The fraction of sp³-hybridized carbons (Fsp3) is 0.158. The van der Waals surface area contributed by atoms with E-state index < -0.39 is 0 Å². The van der Waals surface area contributed by atoms with Crippen LogP contribution in [-0.4, -0.2) is 39.9 Å². The van der Waals surface area contributed by atoms with Gasteiger partial charge in [0.05, 0.1) is 19.7 Å². The van der Waals surface area contributed by atoms with E-state index in [1.807, 2.05) is 29.8 Å². The highest BCUT2D eigenvalue weighted by molar-refractivity contribution is 6.06. The summed E-state index contributed by atoms with van der Waals surface area (Å²) in [7, 11) is 5.05. The number of fused-ring (bicyclic) bond motifs is 3. The maximum absolute atomic E-state index is 12.5. The lowest BCUT2D eigenvalue weighted by Gasteiger charge is -2.05. The molecule has 8 nitrogen and oxygen atoms in total. The minimum Gasteiger partial charge on any atom is -0.497 e. The normalized spacial score (nSPS) is 10.9. The molecule has 0 aliphatic carbocycles. The molecular formula is C19H17N5O3. The number of rotatable bonds is 4. The largest absolute Gasteiger partial charge is 0.497 e. The molecule has 136 valence electrons. The third-order valence-corrected chi connectivity index (χ3v) is 4.36. The van der Waals surface area contributed by atoms with Crippen molar-refractivity contribution in [2.75, 3.05) is 19.5 Å². The molecule has 0 saturated heterocycles. The maximum atomic E-state index is 12.5. The molecule has 0 aliphatic heterocycles. The topological polar surface area (TPSA) is 91.2 Å². The van der Waals surface area contributed by atoms with Crippen molar-refractivity contribution in [1.29, 1.82) is 0 Å². The van der Waals surface area contributed by atoms with Crippen LogP contribution < -0.4 is 14.8 Å². The standard InChI is InChI=1S/C19H17N5O3/c1-24-15-8-7-13(27-3)10-14(15)16-17(24)20-19(23-22-16)21-18(25)11-5-4-6-12(9-11)26-2/h4-10H,1-3H3,(H,20,21,23,25). The zero-order chi connectivity index (χ0) is 19.0. The van der Waals surface area contributed by atoms with Gasteiger partial charge < -0.3 is 14.0 Å². The monoisotopic (exact) mass is 363 g/mol. The predicted octanol–water partition coefficient (Wildman–Crippen LogP) is 2.79. The van der Waals surface area contributed by atoms with Crippen LogP contribution in [-0.2, 0) is 7.05 Å². The average molecular weight is 363 g/mol. The van der Waals surface area contributed by atoms with Crippen molar-refractivity contribution >= 4 is 33.9 Å². The second-order valence-electron chi connectivity index (χ2n) is 5.94. The Morgan fingerprint density at radius 3 is 2.59 bits per heavy atom. The summed E-state index contributed by atoms with van der Waals surface area (Å²) in [6.07, 6.45) is 0. The maximum Gasteiger partial charge on any atom is 0.258 e. The van der Waals surface area contributed by atoms with Gasteiger partial charge in [-0.25, -0.2) is 0 Å². The third kappa shape index (κ3) is 2.91. The van der Waals surface area contributed by atoms with E-state index in [2.05, 4.69) is 20.5 Å². The number of nitrogens with one attached hydrogen (secondary N) is 1. The van der Waals surface area contributed by atoms with Gasteiger partial charge in [-0.05, 0) is 36.4 Å². The van der Waals surface area contributed by atoms with E-state index in [1.165, 1.54) is 0 Å². The Labute approximate surface area is 154 Å². The molecule has 1 amide bonds. The van der Waals surface area contributed by atoms with Crippen LogP contribution in [0.25, 0.3) is 22.1 Å². The number of methoxy groups -OCH3 is 2. The van der Waals surface area contributed by atoms with Crippen LogP contribution >= 0.6 is 0 Å². The summed E-state index contributed by atoms with van der Waals surface area (Å²) in [4.78, 5) is 16.9. The molecule has 0 atom stereocenters. The molecule has 0 radical (unpaired) electrons. The molecule has 0 fully saturated rings. The second kappa shape index (κ2) is 6.56. The third-order valence-electron chi connectivity index (χ3n) is 4.36. The lowest BCUT2D eigenvalue weighted by Crippen LogP contribution is -2.15. The van der Waals surface area contributed by atoms with Crippen LogP contribution in [0.3, 0.4) is 0 Å². The molecule has 0 aliphatic rings. The Hall–Kier alpha value is -3.68. The van der Waals surface area contributed by atoms with Gasteiger partial charge in [0.15, 0.2) is 5.65 Å².